The minimum absolute atomic E-state index is 0.528. The second-order valence-corrected chi connectivity index (χ2v) is 4.33. The van der Waals surface area contributed by atoms with Crippen molar-refractivity contribution in [2.24, 2.45) is 7.05 Å². The first kappa shape index (κ1) is 12.6. The lowest BCUT2D eigenvalue weighted by atomic mass is 10.00. The van der Waals surface area contributed by atoms with E-state index in [-0.39, 0.29) is 0 Å². The number of hydrogen-bond donors (Lipinski definition) is 1. The van der Waals surface area contributed by atoms with E-state index in [0.717, 1.165) is 16.6 Å². The highest BCUT2D eigenvalue weighted by Crippen LogP contribution is 2.28. The molecule has 18 heavy (non-hydrogen) atoms. The molecule has 0 bridgehead atoms. The number of aryl methyl sites for hydroxylation is 3. The van der Waals surface area contributed by atoms with E-state index in [1.54, 1.807) is 6.92 Å². The Labute approximate surface area is 105 Å². The number of pyridine rings is 1. The lowest BCUT2D eigenvalue weighted by Gasteiger charge is -2.15. The summed E-state index contributed by atoms with van der Waals surface area (Å²) in [6, 6.07) is 1.92. The first-order valence-corrected chi connectivity index (χ1v) is 5.65. The van der Waals surface area contributed by atoms with Crippen LogP contribution in [-0.4, -0.2) is 27.7 Å². The van der Waals surface area contributed by atoms with Gasteiger partial charge >= 0.3 is 5.97 Å². The van der Waals surface area contributed by atoms with E-state index < -0.39 is 12.1 Å². The quantitative estimate of drug-likeness (QED) is 0.816. The molecule has 0 saturated heterocycles. The lowest BCUT2D eigenvalue weighted by molar-refractivity contribution is -0.150. The number of esters is 1. The Morgan fingerprint density at radius 1 is 1.50 bits per heavy atom. The van der Waals surface area contributed by atoms with Gasteiger partial charge in [-0.2, -0.15) is 0 Å². The molecule has 0 saturated carbocycles. The Bertz CT molecular complexity index is 616. The molecule has 5 nitrogen and oxygen atoms in total. The summed E-state index contributed by atoms with van der Waals surface area (Å²) in [7, 11) is 3.16. The molecule has 0 spiro atoms. The highest BCUT2D eigenvalue weighted by Gasteiger charge is 2.24. The van der Waals surface area contributed by atoms with Crippen LogP contribution in [0, 0.1) is 13.8 Å². The van der Waals surface area contributed by atoms with Crippen molar-refractivity contribution in [2.75, 3.05) is 7.11 Å². The van der Waals surface area contributed by atoms with Gasteiger partial charge in [0, 0.05) is 29.9 Å². The van der Waals surface area contributed by atoms with Gasteiger partial charge in [-0.1, -0.05) is 0 Å². The van der Waals surface area contributed by atoms with Crippen LogP contribution in [0.25, 0.3) is 11.0 Å². The molecule has 1 N–H and O–H groups in total. The molecule has 1 atom stereocenters. The Morgan fingerprint density at radius 2 is 2.17 bits per heavy atom. The number of aliphatic hydroxyl groups is 1. The third-order valence-electron chi connectivity index (χ3n) is 3.21. The molecule has 96 valence electrons. The largest absolute Gasteiger partial charge is 0.467 e. The lowest BCUT2D eigenvalue weighted by Crippen LogP contribution is -2.16. The van der Waals surface area contributed by atoms with Crippen molar-refractivity contribution in [1.82, 2.24) is 9.55 Å². The second kappa shape index (κ2) is 4.42. The molecule has 2 aromatic heterocycles. The molecule has 0 aliphatic carbocycles. The number of hydrogen-bond acceptors (Lipinski definition) is 4. The number of fused-ring (bicyclic) bond motifs is 1. The number of ether oxygens (including phenoxy) is 1. The Hall–Kier alpha value is -1.88. The van der Waals surface area contributed by atoms with Crippen LogP contribution in [0.4, 0.5) is 0 Å². The van der Waals surface area contributed by atoms with Crippen LogP contribution >= 0.6 is 0 Å². The smallest absolute Gasteiger partial charge is 0.339 e. The summed E-state index contributed by atoms with van der Waals surface area (Å²) in [6.45, 7) is 3.65. The first-order chi connectivity index (χ1) is 8.47. The molecule has 0 unspecified atom stereocenters. The number of carbonyl (C=O) groups excluding carboxylic acids is 1. The van der Waals surface area contributed by atoms with Crippen molar-refractivity contribution in [3.05, 3.63) is 29.1 Å². The van der Waals surface area contributed by atoms with Crippen LogP contribution in [0.3, 0.4) is 0 Å². The average Bonchev–Trinajstić information content (AvgIpc) is 2.70. The van der Waals surface area contributed by atoms with E-state index in [9.17, 15) is 9.90 Å². The van der Waals surface area contributed by atoms with Gasteiger partial charge < -0.3 is 14.4 Å². The van der Waals surface area contributed by atoms with Crippen molar-refractivity contribution < 1.29 is 14.6 Å². The van der Waals surface area contributed by atoms with Crippen LogP contribution < -0.4 is 0 Å². The van der Waals surface area contributed by atoms with Gasteiger partial charge in [0.05, 0.1) is 7.11 Å². The molecular weight excluding hydrogens is 232 g/mol. The summed E-state index contributed by atoms with van der Waals surface area (Å²) < 4.78 is 6.48. The fourth-order valence-electron chi connectivity index (χ4n) is 2.22. The van der Waals surface area contributed by atoms with Crippen LogP contribution in [0.1, 0.15) is 22.9 Å². The minimum Gasteiger partial charge on any atom is -0.467 e. The first-order valence-electron chi connectivity index (χ1n) is 5.65. The number of carbonyl (C=O) groups is 1. The molecule has 5 heteroatoms. The summed E-state index contributed by atoms with van der Waals surface area (Å²) >= 11 is 0. The average molecular weight is 248 g/mol. The predicted octanol–water partition coefficient (Wildman–Crippen LogP) is 1.40. The monoisotopic (exact) mass is 248 g/mol. The Kier molecular flexibility index (Phi) is 3.09. The van der Waals surface area contributed by atoms with Crippen LogP contribution in [0.5, 0.6) is 0 Å². The third kappa shape index (κ3) is 1.76. The third-order valence-corrected chi connectivity index (χ3v) is 3.21. The van der Waals surface area contributed by atoms with Gasteiger partial charge in [-0.05, 0) is 25.5 Å². The normalized spacial score (nSPS) is 12.7. The van der Waals surface area contributed by atoms with Crippen molar-refractivity contribution in [2.45, 2.75) is 20.0 Å². The highest BCUT2D eigenvalue weighted by molar-refractivity contribution is 5.85. The zero-order valence-electron chi connectivity index (χ0n) is 10.9. The van der Waals surface area contributed by atoms with Crippen LogP contribution in [0.2, 0.25) is 0 Å². The van der Waals surface area contributed by atoms with Crippen molar-refractivity contribution in [1.29, 1.82) is 0 Å². The zero-order valence-corrected chi connectivity index (χ0v) is 10.9. The van der Waals surface area contributed by atoms with Gasteiger partial charge in [0.15, 0.2) is 6.10 Å². The fraction of sp³-hybridized carbons (Fsp3) is 0.385. The summed E-state index contributed by atoms with van der Waals surface area (Å²) in [5.74, 6) is -0.668. The van der Waals surface area contributed by atoms with Crippen LogP contribution in [0.15, 0.2) is 12.3 Å². The summed E-state index contributed by atoms with van der Waals surface area (Å²) in [6.07, 6.45) is 0.616. The Balaban J connectivity index is 2.68. The van der Waals surface area contributed by atoms with Gasteiger partial charge in [0.1, 0.15) is 5.65 Å². The van der Waals surface area contributed by atoms with Crippen molar-refractivity contribution in [3.63, 3.8) is 0 Å². The van der Waals surface area contributed by atoms with E-state index in [1.807, 2.05) is 30.8 Å². The SMILES string of the molecule is COC(=O)[C@@H](O)c1c(C)nc2c(ccn2C)c1C. The maximum Gasteiger partial charge on any atom is 0.339 e. The molecular formula is C13H16N2O3. The van der Waals surface area contributed by atoms with Gasteiger partial charge in [-0.15, -0.1) is 0 Å². The van der Waals surface area contributed by atoms with Crippen molar-refractivity contribution >= 4 is 17.0 Å². The molecule has 2 heterocycles. The summed E-state index contributed by atoms with van der Waals surface area (Å²) in [4.78, 5) is 15.9. The summed E-state index contributed by atoms with van der Waals surface area (Å²) in [5.41, 5.74) is 2.86. The van der Waals surface area contributed by atoms with Gasteiger partial charge in [-0.3, -0.25) is 0 Å². The number of rotatable bonds is 2. The molecule has 0 aliphatic rings. The maximum absolute atomic E-state index is 11.5. The van der Waals surface area contributed by atoms with Gasteiger partial charge in [-0.25, -0.2) is 9.78 Å². The fourth-order valence-corrected chi connectivity index (χ4v) is 2.22. The van der Waals surface area contributed by atoms with E-state index in [1.165, 1.54) is 7.11 Å². The summed E-state index contributed by atoms with van der Waals surface area (Å²) in [5, 5.41) is 10.9. The van der Waals surface area contributed by atoms with Gasteiger partial charge in [0.25, 0.3) is 0 Å². The van der Waals surface area contributed by atoms with E-state index in [2.05, 4.69) is 9.72 Å². The molecule has 0 aromatic carbocycles. The standard InChI is InChI=1S/C13H16N2O3/c1-7-9-5-6-15(3)12(9)14-8(2)10(7)11(16)13(17)18-4/h5-6,11,16H,1-4H3/t11-/m0/s1. The molecule has 2 aromatic rings. The molecule has 0 amide bonds. The topological polar surface area (TPSA) is 64.3 Å². The highest BCUT2D eigenvalue weighted by atomic mass is 16.5. The molecule has 0 fully saturated rings. The predicted molar refractivity (Wildman–Crippen MR) is 67.2 cm³/mol. The van der Waals surface area contributed by atoms with E-state index in [4.69, 9.17) is 0 Å². The second-order valence-electron chi connectivity index (χ2n) is 4.33. The molecule has 2 rings (SSSR count). The number of aliphatic hydroxyl groups excluding tert-OH is 1. The maximum atomic E-state index is 11.5. The van der Waals surface area contributed by atoms with Crippen LogP contribution in [-0.2, 0) is 16.6 Å². The molecule has 0 radical (unpaired) electrons. The minimum atomic E-state index is -1.29. The number of nitrogens with zero attached hydrogens (tertiary/aromatic N) is 2. The van der Waals surface area contributed by atoms with Gasteiger partial charge in [0.2, 0.25) is 0 Å². The Morgan fingerprint density at radius 3 is 2.78 bits per heavy atom. The number of aromatic nitrogens is 2. The van der Waals surface area contributed by atoms with E-state index in [0.29, 0.717) is 11.3 Å². The number of methoxy groups -OCH3 is 1. The molecule has 0 aliphatic heterocycles. The van der Waals surface area contributed by atoms with Crippen molar-refractivity contribution in [3.8, 4) is 0 Å². The van der Waals surface area contributed by atoms with E-state index >= 15 is 0 Å². The zero-order chi connectivity index (χ0) is 13.4.